The molecule has 0 atom stereocenters. The Bertz CT molecular complexity index is 367. The fourth-order valence-electron chi connectivity index (χ4n) is 1.21. The average molecular weight is 320 g/mol. The highest BCUT2D eigenvalue weighted by Crippen LogP contribution is 2.33. The van der Waals surface area contributed by atoms with Gasteiger partial charge in [-0.3, -0.25) is 0 Å². The smallest absolute Gasteiger partial charge is 0.174 e. The van der Waals surface area contributed by atoms with Crippen LogP contribution in [0.15, 0.2) is 17.2 Å². The maximum Gasteiger partial charge on any atom is 0.174 e. The van der Waals surface area contributed by atoms with Gasteiger partial charge in [-0.15, -0.1) is 0 Å². The van der Waals surface area contributed by atoms with Crippen LogP contribution < -0.4 is 15.3 Å². The third kappa shape index (κ3) is 2.98. The van der Waals surface area contributed by atoms with Crippen LogP contribution in [0, 0.1) is 3.57 Å². The molecule has 0 aliphatic carbocycles. The molecule has 0 radical (unpaired) electrons. The second-order valence-electron chi connectivity index (χ2n) is 2.75. The molecule has 0 fully saturated rings. The number of hydrazone groups is 1. The molecule has 0 amide bonds. The quantitative estimate of drug-likeness (QED) is 0.399. The van der Waals surface area contributed by atoms with Gasteiger partial charge in [-0.2, -0.15) is 5.10 Å². The summed E-state index contributed by atoms with van der Waals surface area (Å²) >= 11 is 2.18. The summed E-state index contributed by atoms with van der Waals surface area (Å²) in [6.45, 7) is 2.52. The summed E-state index contributed by atoms with van der Waals surface area (Å²) < 4.78 is 11.7. The topological polar surface area (TPSA) is 56.8 Å². The molecular weight excluding hydrogens is 307 g/mol. The second-order valence-corrected chi connectivity index (χ2v) is 3.91. The molecule has 0 aliphatic rings. The molecule has 2 N–H and O–H groups in total. The van der Waals surface area contributed by atoms with E-state index in [2.05, 4.69) is 27.7 Å². The van der Waals surface area contributed by atoms with E-state index in [1.165, 1.54) is 0 Å². The van der Waals surface area contributed by atoms with E-state index in [0.29, 0.717) is 12.4 Å². The first kappa shape index (κ1) is 12.1. The van der Waals surface area contributed by atoms with Gasteiger partial charge in [-0.25, -0.2) is 0 Å². The fraction of sp³-hybridized carbons (Fsp3) is 0.300. The average Bonchev–Trinajstić information content (AvgIpc) is 2.18. The number of rotatable bonds is 4. The summed E-state index contributed by atoms with van der Waals surface area (Å²) in [5.74, 6) is 6.55. The number of nitrogens with zero attached hydrogens (tertiary/aromatic N) is 1. The van der Waals surface area contributed by atoms with Crippen molar-refractivity contribution >= 4 is 28.8 Å². The van der Waals surface area contributed by atoms with Crippen LogP contribution in [-0.2, 0) is 0 Å². The highest BCUT2D eigenvalue weighted by molar-refractivity contribution is 14.1. The van der Waals surface area contributed by atoms with Crippen molar-refractivity contribution in [3.8, 4) is 11.5 Å². The lowest BCUT2D eigenvalue weighted by molar-refractivity contribution is 0.309. The van der Waals surface area contributed by atoms with E-state index in [1.54, 1.807) is 13.3 Å². The van der Waals surface area contributed by atoms with E-state index in [0.717, 1.165) is 14.9 Å². The van der Waals surface area contributed by atoms with E-state index in [4.69, 9.17) is 15.3 Å². The van der Waals surface area contributed by atoms with E-state index in [9.17, 15) is 0 Å². The second kappa shape index (κ2) is 5.79. The standard InChI is InChI=1S/C10H13IN2O2/c1-3-15-9-5-7(6-13-12)4-8(11)10(9)14-2/h4-6H,3,12H2,1-2H3. The predicted molar refractivity (Wildman–Crippen MR) is 68.7 cm³/mol. The van der Waals surface area contributed by atoms with Crippen molar-refractivity contribution in [2.45, 2.75) is 6.92 Å². The number of benzene rings is 1. The van der Waals surface area contributed by atoms with E-state index in [1.807, 2.05) is 19.1 Å². The first-order valence-electron chi connectivity index (χ1n) is 4.46. The molecule has 0 bridgehead atoms. The Morgan fingerprint density at radius 2 is 2.27 bits per heavy atom. The van der Waals surface area contributed by atoms with Gasteiger partial charge in [0.05, 0.1) is 23.5 Å². The molecule has 4 nitrogen and oxygen atoms in total. The molecule has 0 unspecified atom stereocenters. The number of ether oxygens (including phenoxy) is 2. The Kier molecular flexibility index (Phi) is 4.67. The van der Waals surface area contributed by atoms with Crippen LogP contribution in [0.2, 0.25) is 0 Å². The highest BCUT2D eigenvalue weighted by Gasteiger charge is 2.09. The van der Waals surface area contributed by atoms with Gasteiger partial charge in [-0.05, 0) is 47.2 Å². The van der Waals surface area contributed by atoms with Crippen molar-refractivity contribution in [3.63, 3.8) is 0 Å². The van der Waals surface area contributed by atoms with Gasteiger partial charge in [0.1, 0.15) is 0 Å². The van der Waals surface area contributed by atoms with Crippen molar-refractivity contribution in [1.82, 2.24) is 0 Å². The van der Waals surface area contributed by atoms with E-state index < -0.39 is 0 Å². The lowest BCUT2D eigenvalue weighted by Crippen LogP contribution is -1.99. The van der Waals surface area contributed by atoms with Crippen LogP contribution >= 0.6 is 22.6 Å². The third-order valence-electron chi connectivity index (χ3n) is 1.76. The molecular formula is C10H13IN2O2. The lowest BCUT2D eigenvalue weighted by atomic mass is 10.2. The first-order valence-corrected chi connectivity index (χ1v) is 5.54. The lowest BCUT2D eigenvalue weighted by Gasteiger charge is -2.11. The molecule has 0 heterocycles. The van der Waals surface area contributed by atoms with Crippen LogP contribution in [-0.4, -0.2) is 19.9 Å². The molecule has 82 valence electrons. The SMILES string of the molecule is CCOc1cc(C=NN)cc(I)c1OC. The first-order chi connectivity index (χ1) is 7.22. The van der Waals surface area contributed by atoms with E-state index >= 15 is 0 Å². The molecule has 15 heavy (non-hydrogen) atoms. The van der Waals surface area contributed by atoms with Crippen molar-refractivity contribution < 1.29 is 9.47 Å². The third-order valence-corrected chi connectivity index (χ3v) is 2.56. The predicted octanol–water partition coefficient (Wildman–Crippen LogP) is 1.99. The van der Waals surface area contributed by atoms with Gasteiger partial charge in [0.2, 0.25) is 0 Å². The van der Waals surface area contributed by atoms with Gasteiger partial charge in [0.25, 0.3) is 0 Å². The van der Waals surface area contributed by atoms with Crippen molar-refractivity contribution in [3.05, 3.63) is 21.3 Å². The van der Waals surface area contributed by atoms with Gasteiger partial charge >= 0.3 is 0 Å². The van der Waals surface area contributed by atoms with Crippen molar-refractivity contribution in [1.29, 1.82) is 0 Å². The summed E-state index contributed by atoms with van der Waals surface area (Å²) in [5.41, 5.74) is 0.895. The van der Waals surface area contributed by atoms with Crippen LogP contribution in [0.3, 0.4) is 0 Å². The minimum absolute atomic E-state index is 0.593. The number of hydrogen-bond donors (Lipinski definition) is 1. The number of hydrogen-bond acceptors (Lipinski definition) is 4. The van der Waals surface area contributed by atoms with E-state index in [-0.39, 0.29) is 0 Å². The summed E-state index contributed by atoms with van der Waals surface area (Å²) in [6.07, 6.45) is 1.57. The molecule has 0 aliphatic heterocycles. The summed E-state index contributed by atoms with van der Waals surface area (Å²) in [6, 6.07) is 3.78. The van der Waals surface area contributed by atoms with Gasteiger partial charge in [0.15, 0.2) is 11.5 Å². The Morgan fingerprint density at radius 3 is 2.80 bits per heavy atom. The monoisotopic (exact) mass is 320 g/mol. The summed E-state index contributed by atoms with van der Waals surface area (Å²) in [4.78, 5) is 0. The van der Waals surface area contributed by atoms with Gasteiger partial charge in [0, 0.05) is 0 Å². The largest absolute Gasteiger partial charge is 0.492 e. The zero-order valence-electron chi connectivity index (χ0n) is 8.66. The van der Waals surface area contributed by atoms with Crippen molar-refractivity contribution in [2.24, 2.45) is 10.9 Å². The number of halogens is 1. The number of nitrogens with two attached hydrogens (primary N) is 1. The molecule has 1 aromatic rings. The van der Waals surface area contributed by atoms with Gasteiger partial charge in [-0.1, -0.05) is 0 Å². The summed E-state index contributed by atoms with van der Waals surface area (Å²) in [5, 5.41) is 3.48. The van der Waals surface area contributed by atoms with Crippen molar-refractivity contribution in [2.75, 3.05) is 13.7 Å². The Morgan fingerprint density at radius 1 is 1.53 bits per heavy atom. The minimum Gasteiger partial charge on any atom is -0.492 e. The minimum atomic E-state index is 0.593. The van der Waals surface area contributed by atoms with Crippen LogP contribution in [0.25, 0.3) is 0 Å². The zero-order chi connectivity index (χ0) is 11.3. The van der Waals surface area contributed by atoms with Gasteiger partial charge < -0.3 is 15.3 Å². The Hall–Kier alpha value is -0.980. The van der Waals surface area contributed by atoms with Crippen LogP contribution in [0.4, 0.5) is 0 Å². The molecule has 1 rings (SSSR count). The van der Waals surface area contributed by atoms with Crippen LogP contribution in [0.5, 0.6) is 11.5 Å². The molecule has 5 heteroatoms. The maximum atomic E-state index is 5.46. The Balaban J connectivity index is 3.18. The molecule has 1 aromatic carbocycles. The fourth-order valence-corrected chi connectivity index (χ4v) is 2.06. The number of methoxy groups -OCH3 is 1. The molecule has 0 spiro atoms. The van der Waals surface area contributed by atoms with Crippen LogP contribution in [0.1, 0.15) is 12.5 Å². The molecule has 0 saturated heterocycles. The maximum absolute atomic E-state index is 5.46. The zero-order valence-corrected chi connectivity index (χ0v) is 10.8. The highest BCUT2D eigenvalue weighted by atomic mass is 127. The Labute approximate surface area is 103 Å². The molecule has 0 aromatic heterocycles. The molecule has 0 saturated carbocycles. The summed E-state index contributed by atoms with van der Waals surface area (Å²) in [7, 11) is 1.62. The normalized spacial score (nSPS) is 10.6.